The van der Waals surface area contributed by atoms with Gasteiger partial charge in [0, 0.05) is 14.2 Å². The Bertz CT molecular complexity index is 636. The van der Waals surface area contributed by atoms with Crippen LogP contribution in [-0.2, 0) is 36.9 Å². The largest absolute Gasteiger partial charge is 0.385 e. The van der Waals surface area contributed by atoms with Gasteiger partial charge in [0.05, 0.1) is 19.8 Å². The molecule has 1 N–H and O–H groups in total. The molecule has 0 radical (unpaired) electrons. The summed E-state index contributed by atoms with van der Waals surface area (Å²) in [4.78, 5) is 0. The van der Waals surface area contributed by atoms with Gasteiger partial charge in [0.2, 0.25) is 0 Å². The van der Waals surface area contributed by atoms with Gasteiger partial charge in [0.1, 0.15) is 24.4 Å². The van der Waals surface area contributed by atoms with E-state index in [4.69, 9.17) is 23.7 Å². The molecule has 1 heterocycles. The molecule has 6 heteroatoms. The van der Waals surface area contributed by atoms with Gasteiger partial charge in [-0.25, -0.2) is 0 Å². The molecule has 2 aromatic rings. The summed E-state index contributed by atoms with van der Waals surface area (Å²) in [5.41, 5.74) is 2.05. The van der Waals surface area contributed by atoms with Gasteiger partial charge in [-0.15, -0.1) is 0 Å². The third kappa shape index (κ3) is 5.38. The molecule has 0 aromatic heterocycles. The smallest absolute Gasteiger partial charge is 0.186 e. The maximum absolute atomic E-state index is 10.8. The summed E-state index contributed by atoms with van der Waals surface area (Å²) in [6.45, 7) is 1.03. The zero-order valence-electron chi connectivity index (χ0n) is 16.3. The van der Waals surface area contributed by atoms with E-state index in [2.05, 4.69) is 0 Å². The quantitative estimate of drug-likeness (QED) is 0.712. The van der Waals surface area contributed by atoms with Gasteiger partial charge in [-0.2, -0.15) is 0 Å². The highest BCUT2D eigenvalue weighted by Gasteiger charge is 2.47. The van der Waals surface area contributed by atoms with E-state index < -0.39 is 30.7 Å². The van der Waals surface area contributed by atoms with Crippen LogP contribution in [0.5, 0.6) is 0 Å². The van der Waals surface area contributed by atoms with Crippen LogP contribution in [0.4, 0.5) is 0 Å². The number of aliphatic hydroxyl groups excluding tert-OH is 1. The van der Waals surface area contributed by atoms with Crippen molar-refractivity contribution in [1.29, 1.82) is 0 Å². The summed E-state index contributed by atoms with van der Waals surface area (Å²) in [6, 6.07) is 19.7. The molecular weight excluding hydrogens is 360 g/mol. The Morgan fingerprint density at radius 1 is 0.821 bits per heavy atom. The third-order valence-corrected chi connectivity index (χ3v) is 4.75. The zero-order valence-corrected chi connectivity index (χ0v) is 16.3. The van der Waals surface area contributed by atoms with E-state index >= 15 is 0 Å². The maximum Gasteiger partial charge on any atom is 0.186 e. The van der Waals surface area contributed by atoms with Gasteiger partial charge < -0.3 is 28.8 Å². The molecular formula is C22H28O6. The van der Waals surface area contributed by atoms with E-state index in [0.29, 0.717) is 19.8 Å². The first-order valence-corrected chi connectivity index (χ1v) is 9.39. The zero-order chi connectivity index (χ0) is 19.8. The molecule has 0 bridgehead atoms. The van der Waals surface area contributed by atoms with Crippen molar-refractivity contribution in [2.45, 2.75) is 43.9 Å². The van der Waals surface area contributed by atoms with Crippen molar-refractivity contribution in [2.24, 2.45) is 0 Å². The minimum atomic E-state index is -0.984. The Morgan fingerprint density at radius 3 is 1.86 bits per heavy atom. The van der Waals surface area contributed by atoms with Crippen molar-refractivity contribution in [1.82, 2.24) is 0 Å². The molecule has 28 heavy (non-hydrogen) atoms. The Morgan fingerprint density at radius 2 is 1.36 bits per heavy atom. The monoisotopic (exact) mass is 388 g/mol. The number of ether oxygens (including phenoxy) is 5. The van der Waals surface area contributed by atoms with Gasteiger partial charge >= 0.3 is 0 Å². The average Bonchev–Trinajstić information content (AvgIpc) is 2.74. The first-order valence-electron chi connectivity index (χ1n) is 9.39. The molecule has 1 saturated heterocycles. The van der Waals surface area contributed by atoms with Crippen molar-refractivity contribution < 1.29 is 28.8 Å². The highest BCUT2D eigenvalue weighted by atomic mass is 16.7. The van der Waals surface area contributed by atoms with Gasteiger partial charge in [-0.3, -0.25) is 0 Å². The number of aliphatic hydroxyl groups is 1. The molecule has 3 rings (SSSR count). The van der Waals surface area contributed by atoms with E-state index in [1.54, 1.807) is 7.11 Å². The first kappa shape index (κ1) is 20.9. The molecule has 0 spiro atoms. The van der Waals surface area contributed by atoms with E-state index in [1.807, 2.05) is 60.7 Å². The summed E-state index contributed by atoms with van der Waals surface area (Å²) in [5, 5.41) is 10.8. The molecule has 152 valence electrons. The van der Waals surface area contributed by atoms with E-state index in [-0.39, 0.29) is 0 Å². The van der Waals surface area contributed by atoms with Crippen LogP contribution in [0.15, 0.2) is 60.7 Å². The van der Waals surface area contributed by atoms with Crippen LogP contribution in [-0.4, -0.2) is 56.6 Å². The second-order valence-electron chi connectivity index (χ2n) is 6.75. The lowest BCUT2D eigenvalue weighted by Crippen LogP contribution is -2.60. The van der Waals surface area contributed by atoms with Crippen LogP contribution >= 0.6 is 0 Å². The van der Waals surface area contributed by atoms with E-state index in [1.165, 1.54) is 7.11 Å². The lowest BCUT2D eigenvalue weighted by atomic mass is 9.98. The Labute approximate surface area is 165 Å². The maximum atomic E-state index is 10.8. The van der Waals surface area contributed by atoms with E-state index in [9.17, 15) is 5.11 Å². The minimum absolute atomic E-state index is 0.303. The van der Waals surface area contributed by atoms with Gasteiger partial charge in [-0.05, 0) is 11.1 Å². The highest BCUT2D eigenvalue weighted by Crippen LogP contribution is 2.28. The number of hydrogen-bond donors (Lipinski definition) is 1. The fraction of sp³-hybridized carbons (Fsp3) is 0.455. The van der Waals surface area contributed by atoms with Crippen LogP contribution in [0.1, 0.15) is 11.1 Å². The van der Waals surface area contributed by atoms with Crippen LogP contribution < -0.4 is 0 Å². The third-order valence-electron chi connectivity index (χ3n) is 4.75. The van der Waals surface area contributed by atoms with Crippen LogP contribution in [0, 0.1) is 0 Å². The lowest BCUT2D eigenvalue weighted by Gasteiger charge is -2.43. The van der Waals surface area contributed by atoms with Crippen LogP contribution in [0.2, 0.25) is 0 Å². The Balaban J connectivity index is 1.75. The fourth-order valence-electron chi connectivity index (χ4n) is 3.31. The molecule has 0 amide bonds. The number of methoxy groups -OCH3 is 2. The van der Waals surface area contributed by atoms with Crippen LogP contribution in [0.3, 0.4) is 0 Å². The van der Waals surface area contributed by atoms with Crippen molar-refractivity contribution in [3.8, 4) is 0 Å². The fourth-order valence-corrected chi connectivity index (χ4v) is 3.31. The predicted octanol–water partition coefficient (Wildman–Crippen LogP) is 2.54. The SMILES string of the molecule is COC[C@H]1O[C@@H](OC)[C@@H](O)[C@@H](OCc2ccccc2)[C@@H]1OCc1ccccc1. The summed E-state index contributed by atoms with van der Waals surface area (Å²) in [5.74, 6) is 0. The molecule has 1 fully saturated rings. The molecule has 6 nitrogen and oxygen atoms in total. The molecule has 0 unspecified atom stereocenters. The molecule has 5 atom stereocenters. The summed E-state index contributed by atoms with van der Waals surface area (Å²) >= 11 is 0. The first-order chi connectivity index (χ1) is 13.7. The summed E-state index contributed by atoms with van der Waals surface area (Å²) in [6.07, 6.45) is -3.35. The Hall–Kier alpha value is -1.80. The molecule has 1 aliphatic rings. The van der Waals surface area contributed by atoms with Gasteiger partial charge in [0.15, 0.2) is 6.29 Å². The topological polar surface area (TPSA) is 66.4 Å². The second-order valence-corrected chi connectivity index (χ2v) is 6.75. The summed E-state index contributed by atoms with van der Waals surface area (Å²) in [7, 11) is 3.10. The van der Waals surface area contributed by atoms with Crippen LogP contribution in [0.25, 0.3) is 0 Å². The Kier molecular flexibility index (Phi) is 7.97. The molecule has 0 aliphatic carbocycles. The van der Waals surface area contributed by atoms with Crippen molar-refractivity contribution in [3.63, 3.8) is 0 Å². The minimum Gasteiger partial charge on any atom is -0.385 e. The predicted molar refractivity (Wildman–Crippen MR) is 104 cm³/mol. The van der Waals surface area contributed by atoms with Crippen molar-refractivity contribution in [3.05, 3.63) is 71.8 Å². The average molecular weight is 388 g/mol. The van der Waals surface area contributed by atoms with Gasteiger partial charge in [0.25, 0.3) is 0 Å². The molecule has 1 aliphatic heterocycles. The highest BCUT2D eigenvalue weighted by molar-refractivity contribution is 5.14. The normalized spacial score (nSPS) is 27.6. The van der Waals surface area contributed by atoms with Crippen molar-refractivity contribution >= 4 is 0 Å². The van der Waals surface area contributed by atoms with E-state index in [0.717, 1.165) is 11.1 Å². The number of benzene rings is 2. The molecule has 2 aromatic carbocycles. The lowest BCUT2D eigenvalue weighted by molar-refractivity contribution is -0.312. The number of hydrogen-bond acceptors (Lipinski definition) is 6. The standard InChI is InChI=1S/C22H28O6/c1-24-15-18-20(26-13-16-9-5-3-6-10-16)21(19(23)22(25-2)28-18)27-14-17-11-7-4-8-12-17/h3-12,18-23H,13-15H2,1-2H3/t18-,19+,20-,21-,22-/m1/s1. The summed E-state index contributed by atoms with van der Waals surface area (Å²) < 4.78 is 28.7. The van der Waals surface area contributed by atoms with Gasteiger partial charge in [-0.1, -0.05) is 60.7 Å². The molecule has 0 saturated carbocycles. The van der Waals surface area contributed by atoms with Crippen molar-refractivity contribution in [2.75, 3.05) is 20.8 Å². The number of rotatable bonds is 9. The second kappa shape index (κ2) is 10.7.